The second-order valence-electron chi connectivity index (χ2n) is 23.2. The molecule has 0 aromatic heterocycles. The van der Waals surface area contributed by atoms with Crippen molar-refractivity contribution in [2.75, 3.05) is 13.2 Å². The minimum absolute atomic E-state index is 0.0153. The van der Waals surface area contributed by atoms with Gasteiger partial charge in [0.1, 0.15) is 0 Å². The molecule has 0 saturated carbocycles. The third-order valence-corrected chi connectivity index (χ3v) is 15.9. The number of carbonyl (C=O) groups is 2. The second-order valence-corrected chi connectivity index (χ2v) is 23.2. The summed E-state index contributed by atoms with van der Waals surface area (Å²) in [7, 11) is 0. The topological polar surface area (TPSA) is 95.9 Å². The van der Waals surface area contributed by atoms with Gasteiger partial charge in [0.05, 0.1) is 25.4 Å². The molecule has 0 aliphatic heterocycles. The fourth-order valence-corrected chi connectivity index (χ4v) is 10.8. The highest BCUT2D eigenvalue weighted by molar-refractivity contribution is 5.76. The van der Waals surface area contributed by atoms with Gasteiger partial charge in [0.15, 0.2) is 0 Å². The quantitative estimate of drug-likeness (QED) is 0.0417. The number of ether oxygens (including phenoxy) is 1. The lowest BCUT2D eigenvalue weighted by atomic mass is 10.0. The van der Waals surface area contributed by atoms with Crippen molar-refractivity contribution in [3.8, 4) is 0 Å². The number of aliphatic hydroxyl groups is 2. The third kappa shape index (κ3) is 58.1. The molecule has 0 heterocycles. The minimum atomic E-state index is -0.665. The Morgan fingerprint density at radius 1 is 0.333 bits per heavy atom. The number of esters is 1. The van der Waals surface area contributed by atoms with Crippen LogP contribution in [0.15, 0.2) is 0 Å². The number of hydrogen-bond donors (Lipinski definition) is 3. The Kier molecular flexibility index (Phi) is 61.4. The first kappa shape index (κ1) is 70.9. The number of aliphatic hydroxyl groups excluding tert-OH is 2. The molecule has 0 aliphatic rings. The maximum absolute atomic E-state index is 12.5. The van der Waals surface area contributed by atoms with Crippen LogP contribution in [-0.4, -0.2) is 47.4 Å². The fourth-order valence-electron chi connectivity index (χ4n) is 10.8. The summed E-state index contributed by atoms with van der Waals surface area (Å²) < 4.78 is 5.51. The highest BCUT2D eigenvalue weighted by Gasteiger charge is 2.20. The van der Waals surface area contributed by atoms with Crippen LogP contribution in [0, 0.1) is 0 Å². The molecule has 1 amide bonds. The summed E-state index contributed by atoms with van der Waals surface area (Å²) >= 11 is 0. The molecule has 0 spiro atoms. The van der Waals surface area contributed by atoms with E-state index < -0.39 is 12.1 Å². The van der Waals surface area contributed by atoms with Gasteiger partial charge in [0, 0.05) is 12.8 Å². The maximum atomic E-state index is 12.5. The molecule has 3 N–H and O–H groups in total. The molecule has 0 aliphatic carbocycles. The van der Waals surface area contributed by atoms with Crippen molar-refractivity contribution in [2.24, 2.45) is 0 Å². The minimum Gasteiger partial charge on any atom is -0.466 e. The van der Waals surface area contributed by atoms with Crippen molar-refractivity contribution < 1.29 is 24.5 Å². The van der Waals surface area contributed by atoms with Crippen LogP contribution in [0.1, 0.15) is 386 Å². The molecular weight excluding hydrogens is 887 g/mol. The molecule has 0 aromatic carbocycles. The molecule has 0 saturated heterocycles. The number of unbranched alkanes of at least 4 members (excludes halogenated alkanes) is 52. The Hall–Kier alpha value is -1.14. The van der Waals surface area contributed by atoms with Crippen molar-refractivity contribution in [2.45, 2.75) is 398 Å². The Labute approximate surface area is 451 Å². The zero-order valence-corrected chi connectivity index (χ0v) is 49.2. The average Bonchev–Trinajstić information content (AvgIpc) is 3.38. The van der Waals surface area contributed by atoms with E-state index in [2.05, 4.69) is 19.2 Å². The van der Waals surface area contributed by atoms with E-state index in [1.54, 1.807) is 0 Å². The number of hydrogen-bond acceptors (Lipinski definition) is 5. The standard InChI is InChI=1S/C66H131NO5/c1-3-5-7-9-11-13-15-17-19-21-23-28-32-36-40-44-48-52-56-60-66(71)72-61-57-53-49-45-41-37-33-29-25-22-24-27-31-35-39-43-47-51-55-59-65(70)67-63(62-68)64(69)58-54-50-46-42-38-34-30-26-20-18-16-14-12-10-8-6-4-2/h63-64,68-69H,3-62H2,1-2H3,(H,67,70). The molecule has 2 atom stereocenters. The van der Waals surface area contributed by atoms with Gasteiger partial charge in [-0.1, -0.05) is 348 Å². The number of nitrogens with one attached hydrogen (secondary N) is 1. The lowest BCUT2D eigenvalue weighted by Crippen LogP contribution is -2.45. The molecule has 6 nitrogen and oxygen atoms in total. The van der Waals surface area contributed by atoms with Gasteiger partial charge >= 0.3 is 5.97 Å². The fraction of sp³-hybridized carbons (Fsp3) is 0.970. The summed E-state index contributed by atoms with van der Waals surface area (Å²) in [6.45, 7) is 4.99. The first-order chi connectivity index (χ1) is 35.5. The van der Waals surface area contributed by atoms with Gasteiger partial charge in [-0.3, -0.25) is 9.59 Å². The van der Waals surface area contributed by atoms with E-state index in [-0.39, 0.29) is 18.5 Å². The van der Waals surface area contributed by atoms with Gasteiger partial charge in [-0.15, -0.1) is 0 Å². The number of carbonyl (C=O) groups excluding carboxylic acids is 2. The molecular formula is C66H131NO5. The summed E-state index contributed by atoms with van der Waals surface area (Å²) in [5, 5.41) is 23.3. The predicted molar refractivity (Wildman–Crippen MR) is 315 cm³/mol. The van der Waals surface area contributed by atoms with E-state index in [1.807, 2.05) is 0 Å². The first-order valence-electron chi connectivity index (χ1n) is 33.3. The third-order valence-electron chi connectivity index (χ3n) is 15.9. The van der Waals surface area contributed by atoms with E-state index in [1.165, 1.54) is 315 Å². The monoisotopic (exact) mass is 1020 g/mol. The Balaban J connectivity index is 3.36. The molecule has 6 heteroatoms. The van der Waals surface area contributed by atoms with Gasteiger partial charge in [0.25, 0.3) is 0 Å². The van der Waals surface area contributed by atoms with E-state index in [4.69, 9.17) is 4.74 Å². The van der Waals surface area contributed by atoms with Crippen LogP contribution in [0.25, 0.3) is 0 Å². The van der Waals surface area contributed by atoms with E-state index in [9.17, 15) is 19.8 Å². The summed E-state index contributed by atoms with van der Waals surface area (Å²) in [4.78, 5) is 24.6. The van der Waals surface area contributed by atoms with Crippen LogP contribution in [-0.2, 0) is 14.3 Å². The summed E-state index contributed by atoms with van der Waals surface area (Å²) in [5.41, 5.74) is 0. The lowest BCUT2D eigenvalue weighted by Gasteiger charge is -2.22. The van der Waals surface area contributed by atoms with Crippen molar-refractivity contribution in [1.29, 1.82) is 0 Å². The highest BCUT2D eigenvalue weighted by atomic mass is 16.5. The second kappa shape index (κ2) is 62.4. The smallest absolute Gasteiger partial charge is 0.305 e. The zero-order valence-electron chi connectivity index (χ0n) is 49.2. The first-order valence-corrected chi connectivity index (χ1v) is 33.3. The molecule has 430 valence electrons. The van der Waals surface area contributed by atoms with Gasteiger partial charge in [0.2, 0.25) is 5.91 Å². The zero-order chi connectivity index (χ0) is 52.2. The SMILES string of the molecule is CCCCCCCCCCCCCCCCCCCCCC(=O)OCCCCCCCCCCCCCCCCCCCCCC(=O)NC(CO)C(O)CCCCCCCCCCCCCCCCCCC. The molecule has 0 bridgehead atoms. The Bertz CT molecular complexity index is 1040. The van der Waals surface area contributed by atoms with Crippen LogP contribution in [0.4, 0.5) is 0 Å². The number of rotatable bonds is 63. The van der Waals surface area contributed by atoms with Gasteiger partial charge in [-0.25, -0.2) is 0 Å². The van der Waals surface area contributed by atoms with Crippen LogP contribution in [0.5, 0.6) is 0 Å². The maximum Gasteiger partial charge on any atom is 0.305 e. The predicted octanol–water partition coefficient (Wildman–Crippen LogP) is 21.0. The normalized spacial score (nSPS) is 12.4. The Morgan fingerprint density at radius 2 is 0.569 bits per heavy atom. The van der Waals surface area contributed by atoms with Crippen LogP contribution in [0.3, 0.4) is 0 Å². The van der Waals surface area contributed by atoms with Gasteiger partial charge < -0.3 is 20.3 Å². The van der Waals surface area contributed by atoms with E-state index in [0.717, 1.165) is 38.5 Å². The van der Waals surface area contributed by atoms with Crippen LogP contribution in [0.2, 0.25) is 0 Å². The highest BCUT2D eigenvalue weighted by Crippen LogP contribution is 2.19. The molecule has 72 heavy (non-hydrogen) atoms. The van der Waals surface area contributed by atoms with E-state index in [0.29, 0.717) is 25.9 Å². The van der Waals surface area contributed by atoms with Gasteiger partial charge in [-0.2, -0.15) is 0 Å². The molecule has 0 aromatic rings. The summed E-state index contributed by atoms with van der Waals surface area (Å²) in [5.74, 6) is -0.0183. The van der Waals surface area contributed by atoms with Crippen molar-refractivity contribution >= 4 is 11.9 Å². The van der Waals surface area contributed by atoms with Crippen LogP contribution < -0.4 is 5.32 Å². The largest absolute Gasteiger partial charge is 0.466 e. The van der Waals surface area contributed by atoms with Crippen molar-refractivity contribution in [3.05, 3.63) is 0 Å². The van der Waals surface area contributed by atoms with E-state index >= 15 is 0 Å². The number of amides is 1. The molecule has 0 fully saturated rings. The Morgan fingerprint density at radius 3 is 0.847 bits per heavy atom. The van der Waals surface area contributed by atoms with Crippen LogP contribution >= 0.6 is 0 Å². The molecule has 0 radical (unpaired) electrons. The average molecular weight is 1020 g/mol. The van der Waals surface area contributed by atoms with Gasteiger partial charge in [-0.05, 0) is 25.7 Å². The molecule has 0 rings (SSSR count). The lowest BCUT2D eigenvalue weighted by molar-refractivity contribution is -0.143. The summed E-state index contributed by atoms with van der Waals surface area (Å²) in [6.07, 6.45) is 74.1. The van der Waals surface area contributed by atoms with Crippen molar-refractivity contribution in [3.63, 3.8) is 0 Å². The summed E-state index contributed by atoms with van der Waals surface area (Å²) in [6, 6.07) is -0.543. The molecule has 2 unspecified atom stereocenters. The van der Waals surface area contributed by atoms with Crippen molar-refractivity contribution in [1.82, 2.24) is 5.32 Å².